The van der Waals surface area contributed by atoms with Gasteiger partial charge in [-0.2, -0.15) is 0 Å². The molecule has 7 heteroatoms. The van der Waals surface area contributed by atoms with Gasteiger partial charge in [0, 0.05) is 24.8 Å². The number of pyridine rings is 1. The van der Waals surface area contributed by atoms with Crippen molar-refractivity contribution in [3.8, 4) is 11.6 Å². The predicted molar refractivity (Wildman–Crippen MR) is 100 cm³/mol. The second-order valence-corrected chi connectivity index (χ2v) is 7.79. The summed E-state index contributed by atoms with van der Waals surface area (Å²) in [5.41, 5.74) is 0.233. The summed E-state index contributed by atoms with van der Waals surface area (Å²) in [4.78, 5) is 18.1. The van der Waals surface area contributed by atoms with Crippen LogP contribution in [0.15, 0.2) is 36.5 Å². The van der Waals surface area contributed by atoms with Gasteiger partial charge in [-0.1, -0.05) is 12.1 Å². The standard InChI is InChI=1S/C21H24F2N2O3/c1-21(2,3)28-20(26)25-12-9-14(10-13-25)15-6-5-11-24-19(15)27-18-16(22)7-4-8-17(18)23/h4-8,11,14H,9-10,12-13H2,1-3H3. The van der Waals surface area contributed by atoms with E-state index in [1.54, 1.807) is 11.0 Å². The normalized spacial score (nSPS) is 15.4. The zero-order chi connectivity index (χ0) is 20.3. The van der Waals surface area contributed by atoms with Gasteiger partial charge >= 0.3 is 6.09 Å². The van der Waals surface area contributed by atoms with Crippen molar-refractivity contribution < 1.29 is 23.0 Å². The molecule has 1 aliphatic heterocycles. The lowest BCUT2D eigenvalue weighted by Crippen LogP contribution is -2.41. The first kappa shape index (κ1) is 20.0. The zero-order valence-corrected chi connectivity index (χ0v) is 16.2. The fourth-order valence-corrected chi connectivity index (χ4v) is 3.18. The summed E-state index contributed by atoms with van der Waals surface area (Å²) >= 11 is 0. The molecule has 0 N–H and O–H groups in total. The van der Waals surface area contributed by atoms with Crippen LogP contribution in [-0.2, 0) is 4.74 Å². The van der Waals surface area contributed by atoms with Gasteiger partial charge in [-0.05, 0) is 57.7 Å². The average molecular weight is 390 g/mol. The number of para-hydroxylation sites is 1. The summed E-state index contributed by atoms with van der Waals surface area (Å²) in [6, 6.07) is 7.17. The molecule has 0 saturated carbocycles. The van der Waals surface area contributed by atoms with Gasteiger partial charge in [-0.25, -0.2) is 18.6 Å². The number of amides is 1. The molecule has 1 aliphatic rings. The number of carbonyl (C=O) groups excluding carboxylic acids is 1. The summed E-state index contributed by atoms with van der Waals surface area (Å²) in [5.74, 6) is -1.78. The van der Waals surface area contributed by atoms with Crippen LogP contribution in [0.4, 0.5) is 13.6 Å². The molecule has 5 nitrogen and oxygen atoms in total. The lowest BCUT2D eigenvalue weighted by molar-refractivity contribution is 0.0204. The van der Waals surface area contributed by atoms with Crippen molar-refractivity contribution in [2.24, 2.45) is 0 Å². The number of piperidine rings is 1. The number of hydrogen-bond acceptors (Lipinski definition) is 4. The highest BCUT2D eigenvalue weighted by atomic mass is 19.1. The molecule has 0 bridgehead atoms. The predicted octanol–water partition coefficient (Wildman–Crippen LogP) is 5.27. The second kappa shape index (κ2) is 8.12. The lowest BCUT2D eigenvalue weighted by Gasteiger charge is -2.33. The summed E-state index contributed by atoms with van der Waals surface area (Å²) in [6.45, 7) is 6.56. The number of rotatable bonds is 3. The molecule has 0 aliphatic carbocycles. The summed E-state index contributed by atoms with van der Waals surface area (Å²) < 4.78 is 38.8. The molecule has 0 unspecified atom stereocenters. The van der Waals surface area contributed by atoms with Gasteiger partial charge in [-0.3, -0.25) is 0 Å². The monoisotopic (exact) mass is 390 g/mol. The van der Waals surface area contributed by atoms with Gasteiger partial charge in [0.25, 0.3) is 0 Å². The van der Waals surface area contributed by atoms with E-state index < -0.39 is 23.0 Å². The van der Waals surface area contributed by atoms with Gasteiger partial charge in [0.1, 0.15) is 5.60 Å². The third-order valence-corrected chi connectivity index (χ3v) is 4.50. The third-order valence-electron chi connectivity index (χ3n) is 4.50. The van der Waals surface area contributed by atoms with Gasteiger partial charge < -0.3 is 14.4 Å². The van der Waals surface area contributed by atoms with Crippen molar-refractivity contribution in [1.82, 2.24) is 9.88 Å². The minimum Gasteiger partial charge on any atom is -0.444 e. The molecule has 1 fully saturated rings. The van der Waals surface area contributed by atoms with Crippen LogP contribution in [0.1, 0.15) is 45.1 Å². The van der Waals surface area contributed by atoms with E-state index in [0.717, 1.165) is 17.7 Å². The maximum Gasteiger partial charge on any atom is 0.410 e. The van der Waals surface area contributed by atoms with Crippen LogP contribution in [0.25, 0.3) is 0 Å². The quantitative estimate of drug-likeness (QED) is 0.717. The fourth-order valence-electron chi connectivity index (χ4n) is 3.18. The zero-order valence-electron chi connectivity index (χ0n) is 16.2. The first-order valence-electron chi connectivity index (χ1n) is 9.29. The van der Waals surface area contributed by atoms with E-state index in [9.17, 15) is 13.6 Å². The molecule has 1 amide bonds. The molecule has 1 saturated heterocycles. The Morgan fingerprint density at radius 1 is 1.11 bits per heavy atom. The molecular weight excluding hydrogens is 366 g/mol. The van der Waals surface area contributed by atoms with Crippen LogP contribution in [0.2, 0.25) is 0 Å². The Labute approximate surface area is 163 Å². The minimum atomic E-state index is -0.781. The SMILES string of the molecule is CC(C)(C)OC(=O)N1CCC(c2cccnc2Oc2c(F)cccc2F)CC1. The second-order valence-electron chi connectivity index (χ2n) is 7.79. The number of nitrogens with zero attached hydrogens (tertiary/aromatic N) is 2. The van der Waals surface area contributed by atoms with Crippen molar-refractivity contribution in [1.29, 1.82) is 0 Å². The van der Waals surface area contributed by atoms with Crippen LogP contribution >= 0.6 is 0 Å². The topological polar surface area (TPSA) is 51.7 Å². The Kier molecular flexibility index (Phi) is 5.82. The number of carbonyl (C=O) groups is 1. The molecule has 2 heterocycles. The van der Waals surface area contributed by atoms with Crippen LogP contribution < -0.4 is 4.74 Å². The molecular formula is C21H24F2N2O3. The summed E-state index contributed by atoms with van der Waals surface area (Å²) in [5, 5.41) is 0. The minimum absolute atomic E-state index is 0.0669. The van der Waals surface area contributed by atoms with Gasteiger partial charge in [0.05, 0.1) is 0 Å². The van der Waals surface area contributed by atoms with Gasteiger partial charge in [0.15, 0.2) is 11.6 Å². The number of aromatic nitrogens is 1. The smallest absolute Gasteiger partial charge is 0.410 e. The number of hydrogen-bond donors (Lipinski definition) is 0. The molecule has 1 aromatic heterocycles. The summed E-state index contributed by atoms with van der Waals surface area (Å²) in [6.07, 6.45) is 2.55. The third kappa shape index (κ3) is 4.77. The van der Waals surface area contributed by atoms with Gasteiger partial charge in [0.2, 0.25) is 11.6 Å². The molecule has 3 rings (SSSR count). The van der Waals surface area contributed by atoms with Crippen LogP contribution in [0.5, 0.6) is 11.6 Å². The number of halogens is 2. The van der Waals surface area contributed by atoms with Crippen molar-refractivity contribution in [3.05, 3.63) is 53.7 Å². The molecule has 28 heavy (non-hydrogen) atoms. The number of benzene rings is 1. The first-order chi connectivity index (χ1) is 13.2. The maximum atomic E-state index is 13.9. The maximum absolute atomic E-state index is 13.9. The highest BCUT2D eigenvalue weighted by molar-refractivity contribution is 5.68. The summed E-state index contributed by atoms with van der Waals surface area (Å²) in [7, 11) is 0. The average Bonchev–Trinajstić information content (AvgIpc) is 2.64. The van der Waals surface area contributed by atoms with E-state index in [-0.39, 0.29) is 17.9 Å². The van der Waals surface area contributed by atoms with E-state index in [4.69, 9.17) is 9.47 Å². The van der Waals surface area contributed by atoms with Crippen molar-refractivity contribution >= 4 is 6.09 Å². The Morgan fingerprint density at radius 2 is 1.75 bits per heavy atom. The molecule has 2 aromatic rings. The Morgan fingerprint density at radius 3 is 2.36 bits per heavy atom. The Hall–Kier alpha value is -2.70. The van der Waals surface area contributed by atoms with E-state index >= 15 is 0 Å². The Balaban J connectivity index is 1.72. The molecule has 0 radical (unpaired) electrons. The van der Waals surface area contributed by atoms with Crippen LogP contribution in [0.3, 0.4) is 0 Å². The molecule has 0 atom stereocenters. The first-order valence-corrected chi connectivity index (χ1v) is 9.29. The fraction of sp³-hybridized carbons (Fsp3) is 0.429. The van der Waals surface area contributed by atoms with Crippen molar-refractivity contribution in [2.75, 3.05) is 13.1 Å². The highest BCUT2D eigenvalue weighted by Gasteiger charge is 2.29. The largest absolute Gasteiger partial charge is 0.444 e. The highest BCUT2D eigenvalue weighted by Crippen LogP contribution is 2.36. The van der Waals surface area contributed by atoms with Crippen molar-refractivity contribution in [3.63, 3.8) is 0 Å². The van der Waals surface area contributed by atoms with E-state index in [1.807, 2.05) is 26.8 Å². The van der Waals surface area contributed by atoms with E-state index in [0.29, 0.717) is 25.9 Å². The molecule has 150 valence electrons. The number of ether oxygens (including phenoxy) is 2. The van der Waals surface area contributed by atoms with E-state index in [1.165, 1.54) is 12.3 Å². The van der Waals surface area contributed by atoms with Crippen LogP contribution in [-0.4, -0.2) is 34.7 Å². The van der Waals surface area contributed by atoms with Gasteiger partial charge in [-0.15, -0.1) is 0 Å². The molecule has 0 spiro atoms. The number of likely N-dealkylation sites (tertiary alicyclic amines) is 1. The Bertz CT molecular complexity index is 824. The van der Waals surface area contributed by atoms with Crippen molar-refractivity contribution in [2.45, 2.75) is 45.1 Å². The van der Waals surface area contributed by atoms with E-state index in [2.05, 4.69) is 4.98 Å². The van der Waals surface area contributed by atoms with Crippen LogP contribution in [0, 0.1) is 11.6 Å². The molecule has 1 aromatic carbocycles. The lowest BCUT2D eigenvalue weighted by atomic mass is 9.90.